The molecule has 9 heteroatoms. The highest BCUT2D eigenvalue weighted by Crippen LogP contribution is 2.53. The number of nitrogens with one attached hydrogen (secondary N) is 1. The van der Waals surface area contributed by atoms with E-state index in [1.165, 1.54) is 0 Å². The fourth-order valence-electron chi connectivity index (χ4n) is 3.99. The summed E-state index contributed by atoms with van der Waals surface area (Å²) in [4.78, 5) is 14.8. The summed E-state index contributed by atoms with van der Waals surface area (Å²) in [5.41, 5.74) is 3.71. The zero-order chi connectivity index (χ0) is 23.1. The molecule has 1 unspecified atom stereocenters. The average Bonchev–Trinajstić information content (AvgIpc) is 2.85. The van der Waals surface area contributed by atoms with E-state index < -0.39 is 19.5 Å². The first-order chi connectivity index (χ1) is 15.5. The molecular weight excluding hydrogens is 429 g/mol. The number of fused-ring (bicyclic) bond motifs is 1. The summed E-state index contributed by atoms with van der Waals surface area (Å²) in [6, 6.07) is 13.8. The summed E-state index contributed by atoms with van der Waals surface area (Å²) in [7, 11) is -2.09. The SMILES string of the molecule is CCN(CC)CCOP(=O)(c1ccc(OC)cc1)N1Cc2ccccc2C[C@@H]1C(=O)NO. The third-order valence-electron chi connectivity index (χ3n) is 5.94. The minimum absolute atomic E-state index is 0.247. The molecular formula is C23H32N3O5P. The van der Waals surface area contributed by atoms with Crippen LogP contribution < -0.4 is 15.5 Å². The molecule has 32 heavy (non-hydrogen) atoms. The second-order valence-electron chi connectivity index (χ2n) is 7.64. The van der Waals surface area contributed by atoms with Gasteiger partial charge in [-0.2, -0.15) is 0 Å². The highest BCUT2D eigenvalue weighted by atomic mass is 31.2. The summed E-state index contributed by atoms with van der Waals surface area (Å²) in [6.45, 7) is 6.98. The number of rotatable bonds is 10. The molecule has 2 atom stereocenters. The molecule has 0 aromatic heterocycles. The van der Waals surface area contributed by atoms with Gasteiger partial charge in [-0.3, -0.25) is 14.6 Å². The third-order valence-corrected chi connectivity index (χ3v) is 8.52. The minimum atomic E-state index is -3.65. The lowest BCUT2D eigenvalue weighted by Crippen LogP contribution is -2.49. The Morgan fingerprint density at radius 2 is 1.81 bits per heavy atom. The van der Waals surface area contributed by atoms with Gasteiger partial charge in [0.15, 0.2) is 0 Å². The predicted molar refractivity (Wildman–Crippen MR) is 123 cm³/mol. The first-order valence-electron chi connectivity index (χ1n) is 10.9. The van der Waals surface area contributed by atoms with Gasteiger partial charge in [0, 0.05) is 13.1 Å². The average molecular weight is 461 g/mol. The van der Waals surface area contributed by atoms with E-state index in [1.54, 1.807) is 41.5 Å². The van der Waals surface area contributed by atoms with Crippen molar-refractivity contribution in [2.75, 3.05) is 33.4 Å². The molecule has 1 aliphatic heterocycles. The van der Waals surface area contributed by atoms with Gasteiger partial charge in [-0.25, -0.2) is 10.2 Å². The minimum Gasteiger partial charge on any atom is -0.497 e. The fraction of sp³-hybridized carbons (Fsp3) is 0.435. The number of ether oxygens (including phenoxy) is 1. The highest BCUT2D eigenvalue weighted by Gasteiger charge is 2.44. The van der Waals surface area contributed by atoms with Crippen LogP contribution in [0.15, 0.2) is 48.5 Å². The van der Waals surface area contributed by atoms with Gasteiger partial charge in [0.1, 0.15) is 11.8 Å². The summed E-state index contributed by atoms with van der Waals surface area (Å²) < 4.78 is 27.5. The molecule has 2 aromatic rings. The lowest BCUT2D eigenvalue weighted by atomic mass is 9.95. The van der Waals surface area contributed by atoms with Crippen LogP contribution >= 0.6 is 7.52 Å². The Kier molecular flexibility index (Phi) is 8.45. The highest BCUT2D eigenvalue weighted by molar-refractivity contribution is 7.64. The van der Waals surface area contributed by atoms with E-state index in [4.69, 9.17) is 9.26 Å². The number of likely N-dealkylation sites (N-methyl/N-ethyl adjacent to an activating group) is 1. The van der Waals surface area contributed by atoms with E-state index >= 15 is 0 Å². The van der Waals surface area contributed by atoms with Crippen molar-refractivity contribution in [3.05, 3.63) is 59.7 Å². The van der Waals surface area contributed by atoms with Crippen LogP contribution in [0.5, 0.6) is 5.75 Å². The zero-order valence-corrected chi connectivity index (χ0v) is 19.8. The summed E-state index contributed by atoms with van der Waals surface area (Å²) in [6.07, 6.45) is 0.322. The molecule has 1 amide bonds. The van der Waals surface area contributed by atoms with Crippen LogP contribution in [0, 0.1) is 0 Å². The van der Waals surface area contributed by atoms with Crippen LogP contribution in [0.3, 0.4) is 0 Å². The number of benzene rings is 2. The van der Waals surface area contributed by atoms with Gasteiger partial charge >= 0.3 is 7.52 Å². The Bertz CT molecular complexity index is 949. The number of carbonyl (C=O) groups is 1. The molecule has 0 bridgehead atoms. The quantitative estimate of drug-likeness (QED) is 0.319. The lowest BCUT2D eigenvalue weighted by molar-refractivity contribution is -0.133. The van der Waals surface area contributed by atoms with E-state index in [9.17, 15) is 14.6 Å². The van der Waals surface area contributed by atoms with Crippen molar-refractivity contribution in [2.45, 2.75) is 32.9 Å². The van der Waals surface area contributed by atoms with Gasteiger partial charge in [0.05, 0.1) is 19.0 Å². The molecule has 2 aromatic carbocycles. The van der Waals surface area contributed by atoms with Crippen LogP contribution in [0.25, 0.3) is 0 Å². The molecule has 0 radical (unpaired) electrons. The van der Waals surface area contributed by atoms with Gasteiger partial charge in [-0.15, -0.1) is 0 Å². The molecule has 1 aliphatic rings. The van der Waals surface area contributed by atoms with Crippen molar-refractivity contribution >= 4 is 18.7 Å². The Morgan fingerprint density at radius 1 is 1.16 bits per heavy atom. The predicted octanol–water partition coefficient (Wildman–Crippen LogP) is 2.80. The molecule has 3 rings (SSSR count). The second-order valence-corrected chi connectivity index (χ2v) is 9.97. The maximum Gasteiger partial charge on any atom is 0.303 e. The zero-order valence-electron chi connectivity index (χ0n) is 18.9. The number of amides is 1. The van der Waals surface area contributed by atoms with Crippen molar-refractivity contribution in [3.63, 3.8) is 0 Å². The number of nitrogens with zero attached hydrogens (tertiary/aromatic N) is 2. The maximum atomic E-state index is 14.6. The summed E-state index contributed by atoms with van der Waals surface area (Å²) in [5.74, 6) is 0.0256. The van der Waals surface area contributed by atoms with Gasteiger partial charge in [0.2, 0.25) is 0 Å². The third kappa shape index (κ3) is 5.22. The maximum absolute atomic E-state index is 14.6. The molecule has 0 saturated carbocycles. The number of hydrogen-bond acceptors (Lipinski definition) is 6. The lowest BCUT2D eigenvalue weighted by Gasteiger charge is -2.40. The number of methoxy groups -OCH3 is 1. The largest absolute Gasteiger partial charge is 0.497 e. The molecule has 0 aliphatic carbocycles. The van der Waals surface area contributed by atoms with Crippen LogP contribution in [0.4, 0.5) is 0 Å². The van der Waals surface area contributed by atoms with Crippen molar-refractivity contribution in [1.29, 1.82) is 0 Å². The first-order valence-corrected chi connectivity index (χ1v) is 12.4. The Labute approximate surface area is 189 Å². The molecule has 0 spiro atoms. The van der Waals surface area contributed by atoms with E-state index in [-0.39, 0.29) is 13.2 Å². The monoisotopic (exact) mass is 461 g/mol. The van der Waals surface area contributed by atoms with Gasteiger partial charge in [-0.1, -0.05) is 38.1 Å². The van der Waals surface area contributed by atoms with Crippen LogP contribution in [-0.4, -0.2) is 60.1 Å². The van der Waals surface area contributed by atoms with E-state index in [2.05, 4.69) is 18.7 Å². The van der Waals surface area contributed by atoms with E-state index in [0.29, 0.717) is 24.0 Å². The molecule has 0 fully saturated rings. The number of carbonyl (C=O) groups excluding carboxylic acids is 1. The van der Waals surface area contributed by atoms with Crippen LogP contribution in [0.2, 0.25) is 0 Å². The summed E-state index contributed by atoms with van der Waals surface area (Å²) in [5, 5.41) is 9.87. The summed E-state index contributed by atoms with van der Waals surface area (Å²) >= 11 is 0. The smallest absolute Gasteiger partial charge is 0.303 e. The van der Waals surface area contributed by atoms with Gasteiger partial charge in [-0.05, 0) is 54.9 Å². The standard InChI is InChI=1S/C23H32N3O5P/c1-4-25(5-2)14-15-31-32(29,21-12-10-20(30-3)11-13-21)26-17-19-9-7-6-8-18(19)16-22(26)23(27)24-28/h6-13,22,28H,4-5,14-17H2,1-3H3,(H,24,27)/t22-,32?/m1/s1. The molecule has 1 heterocycles. The van der Waals surface area contributed by atoms with Crippen molar-refractivity contribution < 1.29 is 23.8 Å². The number of hydroxylamine groups is 1. The Balaban J connectivity index is 2.01. The molecule has 0 saturated heterocycles. The topological polar surface area (TPSA) is 91.3 Å². The molecule has 174 valence electrons. The van der Waals surface area contributed by atoms with E-state index in [1.807, 2.05) is 24.3 Å². The number of hydrogen-bond donors (Lipinski definition) is 2. The van der Waals surface area contributed by atoms with Crippen LogP contribution in [0.1, 0.15) is 25.0 Å². The molecule has 2 N–H and O–H groups in total. The van der Waals surface area contributed by atoms with Crippen molar-refractivity contribution in [3.8, 4) is 5.75 Å². The molecule has 8 nitrogen and oxygen atoms in total. The van der Waals surface area contributed by atoms with Crippen molar-refractivity contribution in [1.82, 2.24) is 15.1 Å². The van der Waals surface area contributed by atoms with Crippen LogP contribution in [-0.2, 0) is 26.8 Å². The van der Waals surface area contributed by atoms with E-state index in [0.717, 1.165) is 24.2 Å². The fourth-order valence-corrected chi connectivity index (χ4v) is 6.33. The Morgan fingerprint density at radius 3 is 2.41 bits per heavy atom. The Hall–Kier alpha value is -2.22. The van der Waals surface area contributed by atoms with Gasteiger partial charge < -0.3 is 14.2 Å². The van der Waals surface area contributed by atoms with Gasteiger partial charge in [0.25, 0.3) is 5.91 Å². The first kappa shape index (κ1) is 24.4. The normalized spacial score (nSPS) is 18.1. The van der Waals surface area contributed by atoms with Crippen molar-refractivity contribution in [2.24, 2.45) is 0 Å². The second kappa shape index (κ2) is 11.1.